The molecule has 322 valence electrons. The van der Waals surface area contributed by atoms with E-state index in [9.17, 15) is 0 Å². The van der Waals surface area contributed by atoms with Crippen molar-refractivity contribution in [2.75, 3.05) is 0 Å². The first-order valence-electron chi connectivity index (χ1n) is 23.6. The molecule has 14 rings (SSSR count). The maximum absolute atomic E-state index is 5.23. The van der Waals surface area contributed by atoms with Crippen LogP contribution in [0.5, 0.6) is 0 Å². The summed E-state index contributed by atoms with van der Waals surface area (Å²) in [7, 11) is 0. The lowest BCUT2D eigenvalue weighted by Crippen LogP contribution is -2.06. The molecule has 3 aromatic heterocycles. The van der Waals surface area contributed by atoms with Gasteiger partial charge >= 0.3 is 0 Å². The molecule has 0 aliphatic heterocycles. The predicted octanol–water partition coefficient (Wildman–Crippen LogP) is 16.0. The fourth-order valence-electron chi connectivity index (χ4n) is 10.8. The molecule has 0 unspecified atom stereocenters. The Morgan fingerprint density at radius 3 is 1.35 bits per heavy atom. The van der Waals surface area contributed by atoms with Crippen molar-refractivity contribution in [3.8, 4) is 78.9 Å². The fourth-order valence-corrected chi connectivity index (χ4v) is 10.8. The molecule has 0 amide bonds. The Balaban J connectivity index is 0.988. The molecule has 5 heteroatoms. The summed E-state index contributed by atoms with van der Waals surface area (Å²) >= 11 is 0. The highest BCUT2D eigenvalue weighted by Gasteiger charge is 2.27. The van der Waals surface area contributed by atoms with Gasteiger partial charge in [-0.2, -0.15) is 9.97 Å². The average molecular weight is 880 g/mol. The molecule has 3 heterocycles. The van der Waals surface area contributed by atoms with Crippen LogP contribution in [0.2, 0.25) is 0 Å². The number of fused-ring (bicyclic) bond motifs is 10. The van der Waals surface area contributed by atoms with Gasteiger partial charge in [-0.25, -0.2) is 4.98 Å². The van der Waals surface area contributed by atoms with E-state index in [0.29, 0.717) is 17.6 Å². The van der Waals surface area contributed by atoms with E-state index in [-0.39, 0.29) is 0 Å². The molecule has 0 fully saturated rings. The van der Waals surface area contributed by atoms with Crippen LogP contribution in [0.15, 0.2) is 237 Å². The Kier molecular flexibility index (Phi) is 8.89. The number of hydrogen-bond acceptors (Lipinski definition) is 3. The van der Waals surface area contributed by atoms with Gasteiger partial charge in [0.1, 0.15) is 0 Å². The number of aromatic nitrogens is 5. The van der Waals surface area contributed by atoms with Crippen LogP contribution in [0.1, 0.15) is 11.1 Å². The molecule has 0 N–H and O–H groups in total. The predicted molar refractivity (Wildman–Crippen MR) is 284 cm³/mol. The van der Waals surface area contributed by atoms with E-state index < -0.39 is 0 Å². The molecule has 10 aromatic carbocycles. The van der Waals surface area contributed by atoms with Gasteiger partial charge in [-0.05, 0) is 105 Å². The van der Waals surface area contributed by atoms with Crippen LogP contribution in [-0.4, -0.2) is 24.1 Å². The van der Waals surface area contributed by atoms with Gasteiger partial charge in [0.05, 0.1) is 22.1 Å². The Morgan fingerprint density at radius 1 is 0.304 bits per heavy atom. The minimum Gasteiger partial charge on any atom is -0.309 e. The highest BCUT2D eigenvalue weighted by Crippen LogP contribution is 2.47. The van der Waals surface area contributed by atoms with Crippen molar-refractivity contribution in [3.63, 3.8) is 0 Å². The monoisotopic (exact) mass is 879 g/mol. The Labute approximate surface area is 398 Å². The van der Waals surface area contributed by atoms with Crippen LogP contribution in [0, 0.1) is 0 Å². The van der Waals surface area contributed by atoms with Crippen molar-refractivity contribution >= 4 is 43.6 Å². The van der Waals surface area contributed by atoms with Gasteiger partial charge in [-0.15, -0.1) is 0 Å². The third-order valence-electron chi connectivity index (χ3n) is 14.0. The minimum absolute atomic E-state index is 0.577. The summed E-state index contributed by atoms with van der Waals surface area (Å²) in [6, 6.07) is 84.9. The first kappa shape index (κ1) is 39.0. The zero-order chi connectivity index (χ0) is 45.4. The third kappa shape index (κ3) is 6.36. The van der Waals surface area contributed by atoms with Gasteiger partial charge in [-0.1, -0.05) is 194 Å². The van der Waals surface area contributed by atoms with Crippen molar-refractivity contribution in [3.05, 3.63) is 248 Å². The van der Waals surface area contributed by atoms with Gasteiger partial charge in [0.2, 0.25) is 5.95 Å². The SMILES string of the molecule is c1ccc(-c2ccc(-c3ccc4c(c3)-c3cc(-n5c6ccccc6c6c7c8ccccc8n(-c8nc(-c9ccccc9)nc(-c9ccccc9)n8)c7ccc65)cc(-c5ccccc5)c3C4)cc2)cc1. The van der Waals surface area contributed by atoms with Gasteiger partial charge in [-0.3, -0.25) is 4.57 Å². The molecule has 0 radical (unpaired) electrons. The highest BCUT2D eigenvalue weighted by molar-refractivity contribution is 6.29. The second-order valence-corrected chi connectivity index (χ2v) is 18.0. The summed E-state index contributed by atoms with van der Waals surface area (Å²) in [6.07, 6.45) is 0.880. The van der Waals surface area contributed by atoms with Gasteiger partial charge in [0.25, 0.3) is 0 Å². The molecule has 0 spiro atoms. The van der Waals surface area contributed by atoms with Gasteiger partial charge in [0, 0.05) is 38.4 Å². The lowest BCUT2D eigenvalue weighted by atomic mass is 9.94. The number of benzene rings is 10. The van der Waals surface area contributed by atoms with Crippen molar-refractivity contribution < 1.29 is 0 Å². The van der Waals surface area contributed by atoms with E-state index in [4.69, 9.17) is 15.0 Å². The zero-order valence-electron chi connectivity index (χ0n) is 37.5. The lowest BCUT2D eigenvalue weighted by molar-refractivity contribution is 0.953. The molecule has 1 aliphatic rings. The standard InChI is InChI=1S/C64H41N5/c1-5-17-41(18-6-1)42-29-31-43(32-30-42)47-33-34-48-38-54-53(44-19-7-2-8-20-44)39-49(40-55(54)52(48)37-47)68-56-27-15-13-25-50(56)60-58(68)35-36-59-61(60)51-26-14-16-28-57(51)69(59)64-66-62(45-21-9-3-10-22-45)65-63(67-64)46-23-11-4-12-24-46/h1-37,39-40H,38H2. The fraction of sp³-hybridized carbons (Fsp3) is 0.0156. The summed E-state index contributed by atoms with van der Waals surface area (Å²) in [5.74, 6) is 1.83. The van der Waals surface area contributed by atoms with E-state index in [0.717, 1.165) is 50.7 Å². The van der Waals surface area contributed by atoms with Crippen LogP contribution in [0.3, 0.4) is 0 Å². The van der Waals surface area contributed by atoms with Crippen LogP contribution in [-0.2, 0) is 6.42 Å². The summed E-state index contributed by atoms with van der Waals surface area (Å²) in [4.78, 5) is 15.5. The molecule has 0 bridgehead atoms. The number of hydrogen-bond donors (Lipinski definition) is 0. The molecule has 13 aromatic rings. The van der Waals surface area contributed by atoms with Crippen LogP contribution < -0.4 is 0 Å². The molecule has 69 heavy (non-hydrogen) atoms. The topological polar surface area (TPSA) is 48.5 Å². The van der Waals surface area contributed by atoms with Gasteiger partial charge in [0.15, 0.2) is 11.6 Å². The summed E-state index contributed by atoms with van der Waals surface area (Å²) in [5, 5.41) is 4.69. The zero-order valence-corrected chi connectivity index (χ0v) is 37.5. The van der Waals surface area contributed by atoms with E-state index in [1.54, 1.807) is 0 Å². The van der Waals surface area contributed by atoms with Crippen LogP contribution in [0.25, 0.3) is 123 Å². The Bertz CT molecular complexity index is 4060. The van der Waals surface area contributed by atoms with Crippen molar-refractivity contribution in [1.29, 1.82) is 0 Å². The Morgan fingerprint density at radius 2 is 0.754 bits per heavy atom. The lowest BCUT2D eigenvalue weighted by Gasteiger charge is -2.16. The number of para-hydroxylation sites is 2. The largest absolute Gasteiger partial charge is 0.309 e. The molecule has 0 saturated heterocycles. The number of rotatable bonds is 7. The normalized spacial score (nSPS) is 12.0. The summed E-state index contributed by atoms with van der Waals surface area (Å²) in [5.41, 5.74) is 20.0. The summed E-state index contributed by atoms with van der Waals surface area (Å²) in [6.45, 7) is 0. The quantitative estimate of drug-likeness (QED) is 0.160. The average Bonchev–Trinajstić information content (AvgIpc) is 4.09. The van der Waals surface area contributed by atoms with Gasteiger partial charge < -0.3 is 4.57 Å². The second-order valence-electron chi connectivity index (χ2n) is 18.0. The molecular weight excluding hydrogens is 839 g/mol. The molecule has 1 aliphatic carbocycles. The van der Waals surface area contributed by atoms with Crippen molar-refractivity contribution in [2.45, 2.75) is 6.42 Å². The van der Waals surface area contributed by atoms with E-state index >= 15 is 0 Å². The van der Waals surface area contributed by atoms with Crippen LogP contribution in [0.4, 0.5) is 0 Å². The number of nitrogens with zero attached hydrogens (tertiary/aromatic N) is 5. The Hall–Kier alpha value is -9.19. The molecule has 5 nitrogen and oxygen atoms in total. The smallest absolute Gasteiger partial charge is 0.238 e. The first-order chi connectivity index (χ1) is 34.2. The van der Waals surface area contributed by atoms with Crippen molar-refractivity contribution in [1.82, 2.24) is 24.1 Å². The van der Waals surface area contributed by atoms with E-state index in [1.807, 2.05) is 36.4 Å². The van der Waals surface area contributed by atoms with E-state index in [1.165, 1.54) is 71.8 Å². The summed E-state index contributed by atoms with van der Waals surface area (Å²) < 4.78 is 4.71. The van der Waals surface area contributed by atoms with Crippen molar-refractivity contribution in [2.24, 2.45) is 0 Å². The second kappa shape index (κ2) is 15.7. The molecule has 0 saturated carbocycles. The van der Waals surface area contributed by atoms with Crippen LogP contribution >= 0.6 is 0 Å². The van der Waals surface area contributed by atoms with E-state index in [2.05, 4.69) is 209 Å². The highest BCUT2D eigenvalue weighted by atomic mass is 15.2. The minimum atomic E-state index is 0.577. The maximum Gasteiger partial charge on any atom is 0.238 e. The molecule has 0 atom stereocenters. The molecular formula is C64H41N5. The maximum atomic E-state index is 5.23. The third-order valence-corrected chi connectivity index (χ3v) is 14.0. The first-order valence-corrected chi connectivity index (χ1v) is 23.6.